The average Bonchev–Trinajstić information content (AvgIpc) is 3.11. The van der Waals surface area contributed by atoms with E-state index in [-0.39, 0.29) is 0 Å². The van der Waals surface area contributed by atoms with Crippen LogP contribution in [0.3, 0.4) is 0 Å². The van der Waals surface area contributed by atoms with Crippen molar-refractivity contribution in [1.29, 1.82) is 0 Å². The van der Waals surface area contributed by atoms with E-state index < -0.39 is 0 Å². The summed E-state index contributed by atoms with van der Waals surface area (Å²) >= 11 is 0. The average molecular weight is 261 g/mol. The minimum absolute atomic E-state index is 0.933. The second-order valence-electron chi connectivity index (χ2n) is 4.99. The number of aromatic nitrogens is 3. The molecule has 0 unspecified atom stereocenters. The van der Waals surface area contributed by atoms with Crippen LogP contribution in [0.25, 0.3) is 21.8 Å². The summed E-state index contributed by atoms with van der Waals surface area (Å²) in [5, 5.41) is 2.66. The summed E-state index contributed by atoms with van der Waals surface area (Å²) in [7, 11) is 0. The zero-order chi connectivity index (χ0) is 13.4. The van der Waals surface area contributed by atoms with Gasteiger partial charge in [0.25, 0.3) is 0 Å². The highest BCUT2D eigenvalue weighted by molar-refractivity contribution is 6.07. The highest BCUT2D eigenvalue weighted by Gasteiger charge is 2.08. The van der Waals surface area contributed by atoms with Gasteiger partial charge in [-0.05, 0) is 12.1 Å². The molecule has 2 aromatic heterocycles. The summed E-state index contributed by atoms with van der Waals surface area (Å²) in [5.41, 5.74) is 2.60. The first-order valence-electron chi connectivity index (χ1n) is 6.85. The maximum Gasteiger partial charge on any atom is 0.0946 e. The van der Waals surface area contributed by atoms with Crippen molar-refractivity contribution in [2.75, 3.05) is 0 Å². The third-order valence-corrected chi connectivity index (χ3v) is 3.82. The quantitative estimate of drug-likeness (QED) is 0.551. The number of benzene rings is 2. The zero-order valence-electron chi connectivity index (χ0n) is 11.1. The fourth-order valence-electron chi connectivity index (χ4n) is 2.88. The van der Waals surface area contributed by atoms with Crippen LogP contribution in [0.1, 0.15) is 0 Å². The van der Waals surface area contributed by atoms with Gasteiger partial charge in [0, 0.05) is 47.3 Å². The Labute approximate surface area is 117 Å². The van der Waals surface area contributed by atoms with Gasteiger partial charge < -0.3 is 9.13 Å². The van der Waals surface area contributed by atoms with Gasteiger partial charge in [-0.25, -0.2) is 4.98 Å². The number of fused-ring (bicyclic) bond motifs is 3. The van der Waals surface area contributed by atoms with Gasteiger partial charge in [0.15, 0.2) is 0 Å². The Morgan fingerprint density at radius 2 is 1.45 bits per heavy atom. The van der Waals surface area contributed by atoms with Gasteiger partial charge in [-0.2, -0.15) is 0 Å². The topological polar surface area (TPSA) is 22.8 Å². The Balaban J connectivity index is 1.87. The molecule has 2 heterocycles. The molecular formula is C17H15N3. The number of aryl methyl sites for hydroxylation is 2. The summed E-state index contributed by atoms with van der Waals surface area (Å²) in [5.74, 6) is 0. The Hall–Kier alpha value is -2.55. The van der Waals surface area contributed by atoms with Crippen molar-refractivity contribution in [3.63, 3.8) is 0 Å². The lowest BCUT2D eigenvalue weighted by Crippen LogP contribution is -2.05. The molecule has 4 aromatic rings. The van der Waals surface area contributed by atoms with Crippen LogP contribution in [0.15, 0.2) is 67.3 Å². The van der Waals surface area contributed by atoms with E-state index in [2.05, 4.69) is 62.6 Å². The highest BCUT2D eigenvalue weighted by Crippen LogP contribution is 2.28. The first kappa shape index (κ1) is 11.3. The highest BCUT2D eigenvalue weighted by atomic mass is 15.1. The molecule has 0 saturated heterocycles. The molecule has 0 aliphatic heterocycles. The molecule has 20 heavy (non-hydrogen) atoms. The molecule has 0 atom stereocenters. The first-order chi connectivity index (χ1) is 9.93. The monoisotopic (exact) mass is 261 g/mol. The number of para-hydroxylation sites is 2. The predicted octanol–water partition coefficient (Wildman–Crippen LogP) is 3.69. The van der Waals surface area contributed by atoms with Crippen LogP contribution in [0.5, 0.6) is 0 Å². The van der Waals surface area contributed by atoms with Crippen LogP contribution >= 0.6 is 0 Å². The largest absolute Gasteiger partial charge is 0.339 e. The summed E-state index contributed by atoms with van der Waals surface area (Å²) in [6, 6.07) is 17.2. The minimum atomic E-state index is 0.933. The molecule has 0 saturated carbocycles. The fraction of sp³-hybridized carbons (Fsp3) is 0.118. The summed E-state index contributed by atoms with van der Waals surface area (Å²) < 4.78 is 4.51. The third-order valence-electron chi connectivity index (χ3n) is 3.82. The summed E-state index contributed by atoms with van der Waals surface area (Å²) in [6.45, 7) is 1.88. The van der Waals surface area contributed by atoms with Crippen molar-refractivity contribution in [1.82, 2.24) is 14.1 Å². The van der Waals surface area contributed by atoms with Gasteiger partial charge in [-0.15, -0.1) is 0 Å². The van der Waals surface area contributed by atoms with E-state index in [0.717, 1.165) is 13.1 Å². The number of hydrogen-bond acceptors (Lipinski definition) is 1. The van der Waals surface area contributed by atoms with Crippen molar-refractivity contribution in [2.45, 2.75) is 13.1 Å². The van der Waals surface area contributed by atoms with Crippen LogP contribution in [0.2, 0.25) is 0 Å². The van der Waals surface area contributed by atoms with E-state index in [4.69, 9.17) is 0 Å². The van der Waals surface area contributed by atoms with Crippen molar-refractivity contribution in [3.05, 3.63) is 67.3 Å². The number of imidazole rings is 1. The molecule has 3 heteroatoms. The summed E-state index contributed by atoms with van der Waals surface area (Å²) in [4.78, 5) is 4.10. The lowest BCUT2D eigenvalue weighted by atomic mass is 10.2. The Bertz CT molecular complexity index is 803. The number of nitrogens with zero attached hydrogens (tertiary/aromatic N) is 3. The number of rotatable bonds is 3. The van der Waals surface area contributed by atoms with E-state index in [1.165, 1.54) is 21.8 Å². The second kappa shape index (κ2) is 4.53. The molecule has 98 valence electrons. The van der Waals surface area contributed by atoms with Crippen LogP contribution in [-0.4, -0.2) is 14.1 Å². The molecule has 2 aromatic carbocycles. The first-order valence-corrected chi connectivity index (χ1v) is 6.85. The fourth-order valence-corrected chi connectivity index (χ4v) is 2.88. The van der Waals surface area contributed by atoms with Gasteiger partial charge in [0.05, 0.1) is 6.33 Å². The lowest BCUT2D eigenvalue weighted by molar-refractivity contribution is 0.602. The van der Waals surface area contributed by atoms with E-state index in [1.807, 2.05) is 18.7 Å². The van der Waals surface area contributed by atoms with Crippen LogP contribution in [0, 0.1) is 0 Å². The third kappa shape index (κ3) is 1.71. The second-order valence-corrected chi connectivity index (χ2v) is 4.99. The molecule has 0 N–H and O–H groups in total. The van der Waals surface area contributed by atoms with Crippen molar-refractivity contribution in [3.8, 4) is 0 Å². The molecule has 0 aliphatic rings. The molecule has 3 nitrogen and oxygen atoms in total. The minimum Gasteiger partial charge on any atom is -0.339 e. The maximum atomic E-state index is 4.10. The molecule has 0 spiro atoms. The Morgan fingerprint density at radius 1 is 0.800 bits per heavy atom. The van der Waals surface area contributed by atoms with E-state index >= 15 is 0 Å². The predicted molar refractivity (Wildman–Crippen MR) is 81.7 cm³/mol. The van der Waals surface area contributed by atoms with Crippen LogP contribution in [0.4, 0.5) is 0 Å². The van der Waals surface area contributed by atoms with Crippen LogP contribution in [-0.2, 0) is 13.1 Å². The number of hydrogen-bond donors (Lipinski definition) is 0. The molecule has 0 aliphatic carbocycles. The van der Waals surface area contributed by atoms with Gasteiger partial charge in [0.1, 0.15) is 0 Å². The Kier molecular flexibility index (Phi) is 2.56. The summed E-state index contributed by atoms with van der Waals surface area (Å²) in [6.07, 6.45) is 5.70. The van der Waals surface area contributed by atoms with Crippen molar-refractivity contribution >= 4 is 21.8 Å². The Morgan fingerprint density at radius 3 is 2.05 bits per heavy atom. The van der Waals surface area contributed by atoms with E-state index in [9.17, 15) is 0 Å². The SMILES string of the molecule is c1ccc2c(c1)c1ccccc1n2CCn1ccnc1. The smallest absolute Gasteiger partial charge is 0.0946 e. The normalized spacial score (nSPS) is 11.4. The van der Waals surface area contributed by atoms with Gasteiger partial charge in [0.2, 0.25) is 0 Å². The zero-order valence-corrected chi connectivity index (χ0v) is 11.1. The molecule has 4 rings (SSSR count). The lowest BCUT2D eigenvalue weighted by Gasteiger charge is -2.08. The van der Waals surface area contributed by atoms with Gasteiger partial charge >= 0.3 is 0 Å². The molecule has 0 radical (unpaired) electrons. The van der Waals surface area contributed by atoms with Gasteiger partial charge in [-0.1, -0.05) is 36.4 Å². The van der Waals surface area contributed by atoms with Crippen LogP contribution < -0.4 is 0 Å². The molecule has 0 bridgehead atoms. The molecule has 0 amide bonds. The maximum absolute atomic E-state index is 4.10. The van der Waals surface area contributed by atoms with Crippen molar-refractivity contribution < 1.29 is 0 Å². The van der Waals surface area contributed by atoms with Gasteiger partial charge in [-0.3, -0.25) is 0 Å². The van der Waals surface area contributed by atoms with Crippen molar-refractivity contribution in [2.24, 2.45) is 0 Å². The van der Waals surface area contributed by atoms with E-state index in [1.54, 1.807) is 0 Å². The van der Waals surface area contributed by atoms with E-state index in [0.29, 0.717) is 0 Å². The standard InChI is InChI=1S/C17H15N3/c1-3-7-16-14(5-1)15-6-2-4-8-17(15)20(16)12-11-19-10-9-18-13-19/h1-10,13H,11-12H2. The molecule has 0 fully saturated rings. The molecular weight excluding hydrogens is 246 g/mol.